The number of hydrogen-bond acceptors (Lipinski definition) is 3. The molecule has 0 unspecified atom stereocenters. The van der Waals surface area contributed by atoms with E-state index in [1.54, 1.807) is 13.4 Å². The highest BCUT2D eigenvalue weighted by molar-refractivity contribution is 5.77. The average molecular weight is 323 g/mol. The van der Waals surface area contributed by atoms with Crippen LogP contribution in [0.5, 0.6) is 5.75 Å². The number of imidazole rings is 1. The van der Waals surface area contributed by atoms with Crippen LogP contribution in [-0.2, 0) is 17.8 Å². The number of ether oxygens (including phenoxy) is 1. The zero-order valence-electron chi connectivity index (χ0n) is 13.7. The molecule has 0 spiro atoms. The molecule has 5 nitrogen and oxygen atoms in total. The van der Waals surface area contributed by atoms with Gasteiger partial charge >= 0.3 is 0 Å². The first kappa shape index (κ1) is 16.1. The molecule has 2 aromatic carbocycles. The zero-order valence-corrected chi connectivity index (χ0v) is 13.7. The Kier molecular flexibility index (Phi) is 5.11. The molecule has 5 heteroatoms. The minimum Gasteiger partial charge on any atom is -0.497 e. The van der Waals surface area contributed by atoms with Crippen LogP contribution in [0.4, 0.5) is 0 Å². The average Bonchev–Trinajstić information content (AvgIpc) is 3.04. The number of amides is 1. The van der Waals surface area contributed by atoms with Crippen molar-refractivity contribution in [2.24, 2.45) is 0 Å². The van der Waals surface area contributed by atoms with Crippen LogP contribution in [0.3, 0.4) is 0 Å². The van der Waals surface area contributed by atoms with Gasteiger partial charge in [0.15, 0.2) is 0 Å². The maximum atomic E-state index is 12.0. The summed E-state index contributed by atoms with van der Waals surface area (Å²) in [5, 5.41) is 2.97. The second kappa shape index (κ2) is 7.64. The minimum absolute atomic E-state index is 0.0568. The molecule has 1 N–H and O–H groups in total. The zero-order chi connectivity index (χ0) is 16.8. The number of nitrogens with one attached hydrogen (secondary N) is 1. The Hall–Kier alpha value is -2.82. The Morgan fingerprint density at radius 2 is 1.96 bits per heavy atom. The summed E-state index contributed by atoms with van der Waals surface area (Å²) in [4.78, 5) is 16.3. The number of carbonyl (C=O) groups excluding carboxylic acids is 1. The first-order valence-electron chi connectivity index (χ1n) is 8.06. The summed E-state index contributed by atoms with van der Waals surface area (Å²) < 4.78 is 7.14. The summed E-state index contributed by atoms with van der Waals surface area (Å²) in [6.45, 7) is 1.27. The number of carbonyl (C=O) groups is 1. The van der Waals surface area contributed by atoms with Gasteiger partial charge in [-0.1, -0.05) is 24.3 Å². The first-order valence-corrected chi connectivity index (χ1v) is 8.06. The number of methoxy groups -OCH3 is 1. The second-order valence-corrected chi connectivity index (χ2v) is 5.62. The van der Waals surface area contributed by atoms with Gasteiger partial charge in [0.2, 0.25) is 5.91 Å². The lowest BCUT2D eigenvalue weighted by Crippen LogP contribution is -2.26. The fraction of sp³-hybridized carbons (Fsp3) is 0.263. The lowest BCUT2D eigenvalue weighted by Gasteiger charge is -2.07. The summed E-state index contributed by atoms with van der Waals surface area (Å²) in [5.74, 6) is 0.900. The van der Waals surface area contributed by atoms with Gasteiger partial charge in [-0.25, -0.2) is 4.98 Å². The molecular formula is C19H21N3O2. The van der Waals surface area contributed by atoms with E-state index in [0.29, 0.717) is 19.5 Å². The summed E-state index contributed by atoms with van der Waals surface area (Å²) >= 11 is 0. The maximum absolute atomic E-state index is 12.0. The van der Waals surface area contributed by atoms with Crippen LogP contribution in [0.1, 0.15) is 12.0 Å². The third-order valence-electron chi connectivity index (χ3n) is 4.00. The number of hydrogen-bond donors (Lipinski definition) is 1. The third kappa shape index (κ3) is 3.93. The van der Waals surface area contributed by atoms with Crippen molar-refractivity contribution >= 4 is 16.9 Å². The van der Waals surface area contributed by atoms with Crippen LogP contribution >= 0.6 is 0 Å². The highest BCUT2D eigenvalue weighted by Crippen LogP contribution is 2.12. The quantitative estimate of drug-likeness (QED) is 0.727. The van der Waals surface area contributed by atoms with Crippen molar-refractivity contribution in [1.82, 2.24) is 14.9 Å². The molecule has 1 heterocycles. The van der Waals surface area contributed by atoms with E-state index in [9.17, 15) is 4.79 Å². The van der Waals surface area contributed by atoms with E-state index in [0.717, 1.165) is 23.2 Å². The number of rotatable bonds is 7. The van der Waals surface area contributed by atoms with Crippen molar-refractivity contribution in [2.45, 2.75) is 19.4 Å². The maximum Gasteiger partial charge on any atom is 0.221 e. The molecular weight excluding hydrogens is 302 g/mol. The molecule has 3 rings (SSSR count). The van der Waals surface area contributed by atoms with Gasteiger partial charge in [0, 0.05) is 19.5 Å². The fourth-order valence-electron chi connectivity index (χ4n) is 2.64. The molecule has 0 saturated heterocycles. The van der Waals surface area contributed by atoms with Crippen LogP contribution in [0.2, 0.25) is 0 Å². The number of para-hydroxylation sites is 2. The number of aryl methyl sites for hydroxylation is 1. The molecule has 0 aliphatic rings. The normalized spacial score (nSPS) is 10.7. The number of nitrogens with zero attached hydrogens (tertiary/aromatic N) is 2. The van der Waals surface area contributed by atoms with E-state index in [1.807, 2.05) is 53.1 Å². The fourth-order valence-corrected chi connectivity index (χ4v) is 2.64. The first-order chi connectivity index (χ1) is 11.8. The number of aromatic nitrogens is 2. The summed E-state index contributed by atoms with van der Waals surface area (Å²) in [6, 6.07) is 15.8. The molecule has 0 aliphatic heterocycles. The molecule has 0 fully saturated rings. The Morgan fingerprint density at radius 3 is 2.75 bits per heavy atom. The molecule has 24 heavy (non-hydrogen) atoms. The Labute approximate surface area is 141 Å². The van der Waals surface area contributed by atoms with E-state index in [-0.39, 0.29) is 5.91 Å². The van der Waals surface area contributed by atoms with Crippen LogP contribution in [0.15, 0.2) is 54.9 Å². The van der Waals surface area contributed by atoms with E-state index in [1.165, 1.54) is 5.56 Å². The van der Waals surface area contributed by atoms with E-state index in [2.05, 4.69) is 10.3 Å². The molecule has 1 amide bonds. The predicted molar refractivity (Wildman–Crippen MR) is 94.1 cm³/mol. The van der Waals surface area contributed by atoms with Gasteiger partial charge in [-0.15, -0.1) is 0 Å². The highest BCUT2D eigenvalue weighted by atomic mass is 16.5. The van der Waals surface area contributed by atoms with E-state index >= 15 is 0 Å². The number of benzene rings is 2. The topological polar surface area (TPSA) is 56.1 Å². The van der Waals surface area contributed by atoms with Gasteiger partial charge in [-0.3, -0.25) is 4.79 Å². The molecule has 1 aromatic heterocycles. The predicted octanol–water partition coefficient (Wildman–Crippen LogP) is 2.79. The minimum atomic E-state index is 0.0568. The molecule has 124 valence electrons. The lowest BCUT2D eigenvalue weighted by molar-refractivity contribution is -0.121. The van der Waals surface area contributed by atoms with Crippen molar-refractivity contribution in [3.8, 4) is 5.75 Å². The lowest BCUT2D eigenvalue weighted by atomic mass is 10.1. The van der Waals surface area contributed by atoms with Gasteiger partial charge in [0.05, 0.1) is 24.5 Å². The monoisotopic (exact) mass is 323 g/mol. The molecule has 0 saturated carbocycles. The van der Waals surface area contributed by atoms with Gasteiger partial charge in [-0.05, 0) is 36.2 Å². The Balaban J connectivity index is 1.44. The smallest absolute Gasteiger partial charge is 0.221 e. The van der Waals surface area contributed by atoms with Gasteiger partial charge in [-0.2, -0.15) is 0 Å². The van der Waals surface area contributed by atoms with Crippen LogP contribution in [0, 0.1) is 0 Å². The largest absolute Gasteiger partial charge is 0.497 e. The van der Waals surface area contributed by atoms with Gasteiger partial charge < -0.3 is 14.6 Å². The standard InChI is InChI=1S/C19H21N3O2/c1-24-16-8-6-15(7-9-16)10-12-20-19(23)11-13-22-14-21-17-4-2-3-5-18(17)22/h2-9,14H,10-13H2,1H3,(H,20,23). The van der Waals surface area contributed by atoms with E-state index < -0.39 is 0 Å². The molecule has 0 bridgehead atoms. The third-order valence-corrected chi connectivity index (χ3v) is 4.00. The summed E-state index contributed by atoms with van der Waals surface area (Å²) in [5.41, 5.74) is 3.19. The van der Waals surface area contributed by atoms with Gasteiger partial charge in [0.1, 0.15) is 5.75 Å². The molecule has 0 aliphatic carbocycles. The van der Waals surface area contributed by atoms with E-state index in [4.69, 9.17) is 4.74 Å². The summed E-state index contributed by atoms with van der Waals surface area (Å²) in [6.07, 6.45) is 3.04. The Morgan fingerprint density at radius 1 is 1.17 bits per heavy atom. The SMILES string of the molecule is COc1ccc(CCNC(=O)CCn2cnc3ccccc32)cc1. The van der Waals surface area contributed by atoms with Gasteiger partial charge in [0.25, 0.3) is 0 Å². The Bertz CT molecular complexity index is 809. The van der Waals surface area contributed by atoms with Crippen LogP contribution in [-0.4, -0.2) is 29.1 Å². The second-order valence-electron chi connectivity index (χ2n) is 5.62. The van der Waals surface area contributed by atoms with Crippen molar-refractivity contribution in [1.29, 1.82) is 0 Å². The van der Waals surface area contributed by atoms with Crippen molar-refractivity contribution in [3.63, 3.8) is 0 Å². The van der Waals surface area contributed by atoms with Crippen molar-refractivity contribution in [2.75, 3.05) is 13.7 Å². The van der Waals surface area contributed by atoms with Crippen molar-refractivity contribution < 1.29 is 9.53 Å². The van der Waals surface area contributed by atoms with Crippen molar-refractivity contribution in [3.05, 3.63) is 60.4 Å². The summed E-state index contributed by atoms with van der Waals surface area (Å²) in [7, 11) is 1.65. The van der Waals surface area contributed by atoms with Crippen LogP contribution < -0.4 is 10.1 Å². The van der Waals surface area contributed by atoms with Crippen LogP contribution in [0.25, 0.3) is 11.0 Å². The molecule has 3 aromatic rings. The molecule has 0 atom stereocenters. The highest BCUT2D eigenvalue weighted by Gasteiger charge is 2.05. The molecule has 0 radical (unpaired) electrons. The number of fused-ring (bicyclic) bond motifs is 1.